The van der Waals surface area contributed by atoms with E-state index in [0.29, 0.717) is 0 Å². The minimum Gasteiger partial charge on any atom is -0.508 e. The molecule has 9 heteroatoms. The summed E-state index contributed by atoms with van der Waals surface area (Å²) in [5.41, 5.74) is 0. The third-order valence-corrected chi connectivity index (χ3v) is 2.46. The molecule has 0 fully saturated rings. The second kappa shape index (κ2) is 13.0. The van der Waals surface area contributed by atoms with Crippen LogP contribution >= 0.6 is 0 Å². The van der Waals surface area contributed by atoms with E-state index in [0.717, 1.165) is 0 Å². The zero-order valence-electron chi connectivity index (χ0n) is 14.1. The molecule has 9 nitrogen and oxygen atoms in total. The van der Waals surface area contributed by atoms with Crippen LogP contribution in [0, 0.1) is 0 Å². The lowest BCUT2D eigenvalue weighted by atomic mass is 10.3. The van der Waals surface area contributed by atoms with Crippen molar-refractivity contribution >= 4 is 11.9 Å². The highest BCUT2D eigenvalue weighted by atomic mass is 16.8. The molecular formula is C16H24O9. The summed E-state index contributed by atoms with van der Waals surface area (Å²) in [7, 11) is 0. The van der Waals surface area contributed by atoms with Crippen molar-refractivity contribution < 1.29 is 44.2 Å². The third-order valence-electron chi connectivity index (χ3n) is 2.46. The molecule has 0 saturated heterocycles. The lowest BCUT2D eigenvalue weighted by molar-refractivity contribution is -0.241. The number of esters is 2. The second-order valence-electron chi connectivity index (χ2n) is 4.76. The predicted octanol–water partition coefficient (Wildman–Crippen LogP) is 0.644. The van der Waals surface area contributed by atoms with Crippen molar-refractivity contribution in [1.29, 1.82) is 0 Å². The Morgan fingerprint density at radius 1 is 0.920 bits per heavy atom. The van der Waals surface area contributed by atoms with Crippen LogP contribution in [0.3, 0.4) is 0 Å². The van der Waals surface area contributed by atoms with E-state index < -0.39 is 24.5 Å². The average Bonchev–Trinajstić information content (AvgIpc) is 2.46. The van der Waals surface area contributed by atoms with Gasteiger partial charge in [-0.05, 0) is 12.1 Å². The molecule has 0 saturated carbocycles. The van der Waals surface area contributed by atoms with Gasteiger partial charge >= 0.3 is 11.9 Å². The molecule has 0 aliphatic carbocycles. The summed E-state index contributed by atoms with van der Waals surface area (Å²) in [6, 6.07) is 5.85. The van der Waals surface area contributed by atoms with Crippen LogP contribution in [0.1, 0.15) is 26.7 Å². The number of benzene rings is 1. The van der Waals surface area contributed by atoms with Crippen LogP contribution in [0.4, 0.5) is 0 Å². The Balaban J connectivity index is 0.000000593. The largest absolute Gasteiger partial charge is 0.508 e. The molecule has 0 aliphatic rings. The van der Waals surface area contributed by atoms with E-state index in [1.165, 1.54) is 32.0 Å². The second-order valence-corrected chi connectivity index (χ2v) is 4.76. The maximum atomic E-state index is 10.7. The van der Waals surface area contributed by atoms with Gasteiger partial charge in [-0.2, -0.15) is 0 Å². The molecule has 25 heavy (non-hydrogen) atoms. The van der Waals surface area contributed by atoms with Gasteiger partial charge in [0.25, 0.3) is 0 Å². The predicted molar refractivity (Wildman–Crippen MR) is 85.4 cm³/mol. The smallest absolute Gasteiger partial charge is 0.304 e. The summed E-state index contributed by atoms with van der Waals surface area (Å²) < 4.78 is 14.7. The number of rotatable bonds is 8. The molecule has 142 valence electrons. The SMILES string of the molecule is CC(=O)OC(CCO)OC(CCO)OC(C)=O.Oc1cccc(O)c1. The van der Waals surface area contributed by atoms with Crippen molar-refractivity contribution in [1.82, 2.24) is 0 Å². The molecular weight excluding hydrogens is 336 g/mol. The van der Waals surface area contributed by atoms with Gasteiger partial charge in [0.15, 0.2) is 0 Å². The van der Waals surface area contributed by atoms with E-state index in [2.05, 4.69) is 0 Å². The average molecular weight is 360 g/mol. The Kier molecular flexibility index (Phi) is 11.8. The maximum absolute atomic E-state index is 10.7. The molecule has 1 aromatic rings. The van der Waals surface area contributed by atoms with E-state index in [4.69, 9.17) is 34.6 Å². The lowest BCUT2D eigenvalue weighted by Crippen LogP contribution is -2.30. The number of aliphatic hydroxyl groups excluding tert-OH is 2. The van der Waals surface area contributed by atoms with Crippen molar-refractivity contribution in [2.75, 3.05) is 13.2 Å². The van der Waals surface area contributed by atoms with Gasteiger partial charge in [-0.25, -0.2) is 0 Å². The summed E-state index contributed by atoms with van der Waals surface area (Å²) in [6.07, 6.45) is -1.90. The molecule has 2 atom stereocenters. The number of carbonyl (C=O) groups is 2. The van der Waals surface area contributed by atoms with Crippen LogP contribution in [0.25, 0.3) is 0 Å². The van der Waals surface area contributed by atoms with Crippen molar-refractivity contribution in [2.24, 2.45) is 0 Å². The Morgan fingerprint density at radius 3 is 1.56 bits per heavy atom. The molecule has 0 bridgehead atoms. The lowest BCUT2D eigenvalue weighted by Gasteiger charge is -2.23. The summed E-state index contributed by atoms with van der Waals surface area (Å²) in [5.74, 6) is -0.974. The Bertz CT molecular complexity index is 477. The van der Waals surface area contributed by atoms with E-state index in [1.807, 2.05) is 0 Å². The first-order valence-corrected chi connectivity index (χ1v) is 7.48. The van der Waals surface area contributed by atoms with Gasteiger partial charge in [-0.15, -0.1) is 0 Å². The topological polar surface area (TPSA) is 143 Å². The number of hydrogen-bond donors (Lipinski definition) is 4. The fourth-order valence-electron chi connectivity index (χ4n) is 1.55. The molecule has 1 aromatic carbocycles. The van der Waals surface area contributed by atoms with Crippen LogP contribution in [0.2, 0.25) is 0 Å². The summed E-state index contributed by atoms with van der Waals surface area (Å²) in [6.45, 7) is 1.90. The van der Waals surface area contributed by atoms with Gasteiger partial charge in [0.05, 0.1) is 0 Å². The van der Waals surface area contributed by atoms with Crippen molar-refractivity contribution in [3.05, 3.63) is 24.3 Å². The minimum atomic E-state index is -1.01. The van der Waals surface area contributed by atoms with Gasteiger partial charge in [-0.1, -0.05) is 6.07 Å². The van der Waals surface area contributed by atoms with Gasteiger partial charge in [-0.3, -0.25) is 9.59 Å². The molecule has 4 N–H and O–H groups in total. The first kappa shape index (κ1) is 22.6. The minimum absolute atomic E-state index is 0.0583. The molecule has 1 rings (SSSR count). The highest BCUT2D eigenvalue weighted by molar-refractivity contribution is 5.66. The van der Waals surface area contributed by atoms with Gasteiger partial charge in [0.1, 0.15) is 11.5 Å². The maximum Gasteiger partial charge on any atom is 0.304 e. The summed E-state index contributed by atoms with van der Waals surface area (Å²) in [5, 5.41) is 34.8. The molecule has 0 aromatic heterocycles. The van der Waals surface area contributed by atoms with Crippen molar-refractivity contribution in [3.63, 3.8) is 0 Å². The zero-order chi connectivity index (χ0) is 19.2. The van der Waals surface area contributed by atoms with Crippen LogP contribution in [-0.4, -0.2) is 58.2 Å². The number of aromatic hydroxyl groups is 2. The monoisotopic (exact) mass is 360 g/mol. The highest BCUT2D eigenvalue weighted by Crippen LogP contribution is 2.14. The number of hydrogen-bond acceptors (Lipinski definition) is 9. The molecule has 0 radical (unpaired) electrons. The van der Waals surface area contributed by atoms with Crippen molar-refractivity contribution in [2.45, 2.75) is 39.3 Å². The van der Waals surface area contributed by atoms with E-state index in [-0.39, 0.29) is 37.6 Å². The number of phenolic OH excluding ortho intramolecular Hbond substituents is 2. The fraction of sp³-hybridized carbons (Fsp3) is 0.500. The van der Waals surface area contributed by atoms with Crippen LogP contribution < -0.4 is 0 Å². The number of aliphatic hydroxyl groups is 2. The Hall–Kier alpha value is -2.36. The quantitative estimate of drug-likeness (QED) is 0.388. The highest BCUT2D eigenvalue weighted by Gasteiger charge is 2.20. The van der Waals surface area contributed by atoms with Crippen LogP contribution in [-0.2, 0) is 23.8 Å². The van der Waals surface area contributed by atoms with Crippen LogP contribution in [0.5, 0.6) is 11.5 Å². The summed E-state index contributed by atoms with van der Waals surface area (Å²) >= 11 is 0. The van der Waals surface area contributed by atoms with E-state index in [9.17, 15) is 9.59 Å². The van der Waals surface area contributed by atoms with E-state index in [1.54, 1.807) is 6.07 Å². The number of carbonyl (C=O) groups excluding carboxylic acids is 2. The van der Waals surface area contributed by atoms with Gasteiger partial charge < -0.3 is 34.6 Å². The molecule has 2 unspecified atom stereocenters. The Labute approximate surface area is 145 Å². The van der Waals surface area contributed by atoms with Gasteiger partial charge in [0, 0.05) is 46.0 Å². The first-order valence-electron chi connectivity index (χ1n) is 7.48. The number of phenols is 2. The molecule has 0 amide bonds. The first-order chi connectivity index (χ1) is 11.8. The van der Waals surface area contributed by atoms with Crippen molar-refractivity contribution in [3.8, 4) is 11.5 Å². The molecule has 0 spiro atoms. The molecule has 0 heterocycles. The molecule has 0 aliphatic heterocycles. The van der Waals surface area contributed by atoms with E-state index >= 15 is 0 Å². The third kappa shape index (κ3) is 12.7. The fourth-order valence-corrected chi connectivity index (χ4v) is 1.55. The zero-order valence-corrected chi connectivity index (χ0v) is 14.1. The standard InChI is InChI=1S/C10H18O7.C6H6O2/c1-7(13)15-9(3-5-11)17-10(4-6-12)16-8(2)14;7-5-2-1-3-6(8)4-5/h9-12H,3-6H2,1-2H3;1-4,7-8H. The van der Waals surface area contributed by atoms with Gasteiger partial charge in [0.2, 0.25) is 12.6 Å². The Morgan fingerprint density at radius 2 is 1.32 bits per heavy atom. The summed E-state index contributed by atoms with van der Waals surface area (Å²) in [4.78, 5) is 21.5. The normalized spacial score (nSPS) is 12.3. The number of ether oxygens (including phenoxy) is 3. The van der Waals surface area contributed by atoms with Crippen LogP contribution in [0.15, 0.2) is 24.3 Å².